The van der Waals surface area contributed by atoms with Crippen LogP contribution in [0.4, 0.5) is 4.39 Å². The molecule has 152 valence electrons. The van der Waals surface area contributed by atoms with Gasteiger partial charge in [-0.1, -0.05) is 32.0 Å². The van der Waals surface area contributed by atoms with E-state index >= 15 is 0 Å². The van der Waals surface area contributed by atoms with Crippen LogP contribution in [0.15, 0.2) is 36.4 Å². The summed E-state index contributed by atoms with van der Waals surface area (Å²) in [5, 5.41) is 12.7. The molecule has 0 unspecified atom stereocenters. The maximum Gasteiger partial charge on any atom is 0.492 e. The maximum atomic E-state index is 13.0. The van der Waals surface area contributed by atoms with Crippen molar-refractivity contribution in [3.8, 4) is 0 Å². The minimum absolute atomic E-state index is 0.0143. The molecule has 1 aliphatic heterocycles. The molecule has 0 fully saturated rings. The first kappa shape index (κ1) is 21.0. The van der Waals surface area contributed by atoms with Gasteiger partial charge in [0.15, 0.2) is 0 Å². The molecule has 1 aliphatic rings. The number of esters is 1. The highest BCUT2D eigenvalue weighted by atomic mass is 19.1. The second-order valence-electron chi connectivity index (χ2n) is 7.40. The first-order chi connectivity index (χ1) is 13.8. The number of fused-ring (bicyclic) bond motifs is 1. The summed E-state index contributed by atoms with van der Waals surface area (Å²) in [6.07, 6.45) is 0. The number of amides is 1. The Morgan fingerprint density at radius 1 is 1.24 bits per heavy atom. The van der Waals surface area contributed by atoms with Gasteiger partial charge in [0.25, 0.3) is 5.91 Å². The van der Waals surface area contributed by atoms with Crippen molar-refractivity contribution in [3.63, 3.8) is 0 Å². The van der Waals surface area contributed by atoms with Crippen molar-refractivity contribution in [1.29, 1.82) is 0 Å². The fourth-order valence-corrected chi connectivity index (χ4v) is 3.29. The number of halogens is 1. The summed E-state index contributed by atoms with van der Waals surface area (Å²) in [7, 11) is -1.06. The predicted molar refractivity (Wildman–Crippen MR) is 106 cm³/mol. The zero-order valence-electron chi connectivity index (χ0n) is 16.6. The Bertz CT molecular complexity index is 916. The van der Waals surface area contributed by atoms with Crippen LogP contribution in [0, 0.1) is 18.7 Å². The van der Waals surface area contributed by atoms with E-state index in [2.05, 4.69) is 5.32 Å². The minimum atomic E-state index is -1.06. The van der Waals surface area contributed by atoms with Gasteiger partial charge in [0.1, 0.15) is 18.5 Å². The number of hydrogen-bond donors (Lipinski definition) is 2. The highest BCUT2D eigenvalue weighted by Crippen LogP contribution is 2.17. The molecule has 8 heteroatoms. The van der Waals surface area contributed by atoms with Crippen LogP contribution in [0.2, 0.25) is 0 Å². The van der Waals surface area contributed by atoms with Crippen LogP contribution in [0.3, 0.4) is 0 Å². The molecule has 2 aromatic carbocycles. The van der Waals surface area contributed by atoms with Gasteiger partial charge in [0.05, 0.1) is 6.61 Å². The molecule has 29 heavy (non-hydrogen) atoms. The van der Waals surface area contributed by atoms with Crippen molar-refractivity contribution >= 4 is 24.5 Å². The van der Waals surface area contributed by atoms with E-state index in [1.807, 2.05) is 0 Å². The van der Waals surface area contributed by atoms with Gasteiger partial charge in [0.2, 0.25) is 0 Å². The first-order valence-corrected chi connectivity index (χ1v) is 9.42. The molecule has 1 atom stereocenters. The van der Waals surface area contributed by atoms with E-state index in [0.717, 1.165) is 5.56 Å². The Kier molecular flexibility index (Phi) is 6.34. The van der Waals surface area contributed by atoms with Crippen molar-refractivity contribution in [2.75, 3.05) is 0 Å². The first-order valence-electron chi connectivity index (χ1n) is 9.42. The SMILES string of the molecule is Cc1c(C(=O)N[C@H](C(=O)OCc2ccc(F)cc2)C(C)C)ccc2c1B(O)OC2. The lowest BCUT2D eigenvalue weighted by molar-refractivity contribution is -0.148. The van der Waals surface area contributed by atoms with Gasteiger partial charge < -0.3 is 19.7 Å². The molecule has 2 N–H and O–H groups in total. The molecule has 3 rings (SSSR count). The Balaban J connectivity index is 1.70. The topological polar surface area (TPSA) is 84.9 Å². The largest absolute Gasteiger partial charge is 0.492 e. The zero-order chi connectivity index (χ0) is 21.1. The molecule has 6 nitrogen and oxygen atoms in total. The lowest BCUT2D eigenvalue weighted by Gasteiger charge is -2.22. The van der Waals surface area contributed by atoms with Crippen LogP contribution >= 0.6 is 0 Å². The Morgan fingerprint density at radius 3 is 2.59 bits per heavy atom. The number of benzene rings is 2. The van der Waals surface area contributed by atoms with Crippen LogP contribution in [0.25, 0.3) is 0 Å². The third kappa shape index (κ3) is 4.66. The average molecular weight is 399 g/mol. The van der Waals surface area contributed by atoms with E-state index in [0.29, 0.717) is 28.8 Å². The molecule has 0 spiro atoms. The molecule has 0 saturated heterocycles. The van der Waals surface area contributed by atoms with Crippen LogP contribution in [0.5, 0.6) is 0 Å². The lowest BCUT2D eigenvalue weighted by Crippen LogP contribution is -2.46. The molecule has 0 radical (unpaired) electrons. The molecular formula is C21H23BFNO5. The van der Waals surface area contributed by atoms with Gasteiger partial charge in [-0.15, -0.1) is 0 Å². The summed E-state index contributed by atoms with van der Waals surface area (Å²) in [5.41, 5.74) is 3.07. The fourth-order valence-electron chi connectivity index (χ4n) is 3.29. The van der Waals surface area contributed by atoms with Crippen molar-refractivity contribution < 1.29 is 28.4 Å². The second-order valence-corrected chi connectivity index (χ2v) is 7.40. The Morgan fingerprint density at radius 2 is 1.93 bits per heavy atom. The van der Waals surface area contributed by atoms with E-state index in [1.54, 1.807) is 32.9 Å². The van der Waals surface area contributed by atoms with Gasteiger partial charge in [-0.2, -0.15) is 0 Å². The van der Waals surface area contributed by atoms with E-state index < -0.39 is 25.0 Å². The van der Waals surface area contributed by atoms with Crippen molar-refractivity contribution in [1.82, 2.24) is 5.32 Å². The number of carbonyl (C=O) groups is 2. The van der Waals surface area contributed by atoms with E-state index in [1.165, 1.54) is 24.3 Å². The summed E-state index contributed by atoms with van der Waals surface area (Å²) in [6.45, 7) is 5.63. The molecule has 0 saturated carbocycles. The Labute approximate surface area is 169 Å². The Hall–Kier alpha value is -2.71. The normalized spacial score (nSPS) is 13.9. The quantitative estimate of drug-likeness (QED) is 0.572. The number of carbonyl (C=O) groups excluding carboxylic acids is 2. The maximum absolute atomic E-state index is 13.0. The van der Waals surface area contributed by atoms with Crippen molar-refractivity contribution in [2.24, 2.45) is 5.92 Å². The fraction of sp³-hybridized carbons (Fsp3) is 0.333. The standard InChI is InChI=1S/C21H23BFNO5/c1-12(2)19(21(26)28-10-14-4-7-16(23)8-5-14)24-20(25)17-9-6-15-11-29-22(27)18(15)13(17)3/h4-9,12,19,27H,10-11H2,1-3H3,(H,24,25)/t19-/m0/s1. The second kappa shape index (κ2) is 8.76. The number of ether oxygens (including phenoxy) is 1. The zero-order valence-corrected chi connectivity index (χ0v) is 16.6. The van der Waals surface area contributed by atoms with Gasteiger partial charge in [-0.3, -0.25) is 4.79 Å². The summed E-state index contributed by atoms with van der Waals surface area (Å²) in [6, 6.07) is 8.20. The van der Waals surface area contributed by atoms with E-state index in [4.69, 9.17) is 9.39 Å². The predicted octanol–water partition coefficient (Wildman–Crippen LogP) is 1.85. The van der Waals surface area contributed by atoms with Crippen LogP contribution in [0.1, 0.15) is 40.9 Å². The number of hydrogen-bond acceptors (Lipinski definition) is 5. The number of rotatable bonds is 6. The highest BCUT2D eigenvalue weighted by molar-refractivity contribution is 6.62. The van der Waals surface area contributed by atoms with Crippen molar-refractivity contribution in [2.45, 2.75) is 40.0 Å². The lowest BCUT2D eigenvalue weighted by atomic mass is 9.75. The highest BCUT2D eigenvalue weighted by Gasteiger charge is 2.32. The molecule has 0 aliphatic carbocycles. The van der Waals surface area contributed by atoms with Gasteiger partial charge in [-0.25, -0.2) is 9.18 Å². The van der Waals surface area contributed by atoms with Crippen LogP contribution in [-0.4, -0.2) is 30.1 Å². The van der Waals surface area contributed by atoms with Gasteiger partial charge in [0, 0.05) is 5.56 Å². The smallest absolute Gasteiger partial charge is 0.459 e. The average Bonchev–Trinajstić information content (AvgIpc) is 3.07. The molecule has 2 aromatic rings. The summed E-state index contributed by atoms with van der Waals surface area (Å²) in [4.78, 5) is 25.4. The number of nitrogens with one attached hydrogen (secondary N) is 1. The molecular weight excluding hydrogens is 376 g/mol. The molecule has 0 aromatic heterocycles. The van der Waals surface area contributed by atoms with E-state index in [-0.39, 0.29) is 18.3 Å². The third-order valence-electron chi connectivity index (χ3n) is 4.99. The third-order valence-corrected chi connectivity index (χ3v) is 4.99. The monoisotopic (exact) mass is 399 g/mol. The van der Waals surface area contributed by atoms with E-state index in [9.17, 15) is 19.0 Å². The molecule has 1 amide bonds. The minimum Gasteiger partial charge on any atom is -0.459 e. The summed E-state index contributed by atoms with van der Waals surface area (Å²) < 4.78 is 23.5. The van der Waals surface area contributed by atoms with Crippen LogP contribution in [-0.2, 0) is 27.4 Å². The molecule has 0 bridgehead atoms. The van der Waals surface area contributed by atoms with Crippen molar-refractivity contribution in [3.05, 3.63) is 64.5 Å². The van der Waals surface area contributed by atoms with Gasteiger partial charge in [-0.05, 0) is 53.2 Å². The van der Waals surface area contributed by atoms with Gasteiger partial charge >= 0.3 is 13.1 Å². The molecule has 1 heterocycles. The van der Waals surface area contributed by atoms with Crippen LogP contribution < -0.4 is 10.8 Å². The summed E-state index contributed by atoms with van der Waals surface area (Å²) in [5.74, 6) is -1.57. The summed E-state index contributed by atoms with van der Waals surface area (Å²) >= 11 is 0.